The van der Waals surface area contributed by atoms with E-state index in [0.29, 0.717) is 30.5 Å². The zero-order chi connectivity index (χ0) is 18.5. The number of hydrogen-bond acceptors (Lipinski definition) is 6. The summed E-state index contributed by atoms with van der Waals surface area (Å²) in [6.45, 7) is 4.93. The number of morpholine rings is 1. The number of anilines is 1. The molecule has 0 radical (unpaired) electrons. The molecule has 1 N–H and O–H groups in total. The molecule has 3 rings (SSSR count). The van der Waals surface area contributed by atoms with Crippen molar-refractivity contribution in [3.8, 4) is 0 Å². The summed E-state index contributed by atoms with van der Waals surface area (Å²) in [5.41, 5.74) is 1.33. The van der Waals surface area contributed by atoms with Crippen LogP contribution in [0.4, 0.5) is 10.3 Å². The monoisotopic (exact) mass is 379 g/mol. The van der Waals surface area contributed by atoms with Gasteiger partial charge in [-0.2, -0.15) is 0 Å². The van der Waals surface area contributed by atoms with Crippen LogP contribution in [-0.4, -0.2) is 52.7 Å². The molecule has 140 valence electrons. The third-order valence-electron chi connectivity index (χ3n) is 4.16. The number of benzene rings is 1. The lowest BCUT2D eigenvalue weighted by molar-refractivity contribution is -0.118. The first kappa shape index (κ1) is 18.7. The fraction of sp³-hybridized carbons (Fsp3) is 0.471. The molecule has 1 aliphatic heterocycles. The number of hydrogen-bond donors (Lipinski definition) is 1. The molecule has 0 atom stereocenters. The summed E-state index contributed by atoms with van der Waals surface area (Å²) in [4.78, 5) is 14.2. The van der Waals surface area contributed by atoms with E-state index in [9.17, 15) is 9.18 Å². The van der Waals surface area contributed by atoms with E-state index in [1.165, 1.54) is 17.8 Å². The number of rotatable bonds is 6. The van der Waals surface area contributed by atoms with E-state index in [-0.39, 0.29) is 17.5 Å². The molecule has 0 aliphatic carbocycles. The Bertz CT molecular complexity index is 777. The van der Waals surface area contributed by atoms with E-state index in [0.717, 1.165) is 24.6 Å². The second-order valence-electron chi connectivity index (χ2n) is 6.09. The molecule has 9 heteroatoms. The zero-order valence-corrected chi connectivity index (χ0v) is 15.7. The minimum Gasteiger partial charge on any atom is -0.378 e. The van der Waals surface area contributed by atoms with Gasteiger partial charge >= 0.3 is 0 Å². The highest BCUT2D eigenvalue weighted by molar-refractivity contribution is 7.99. The molecule has 1 aromatic carbocycles. The first-order valence-corrected chi connectivity index (χ1v) is 9.40. The molecule has 0 unspecified atom stereocenters. The molecular weight excluding hydrogens is 357 g/mol. The average Bonchev–Trinajstić information content (AvgIpc) is 3.02. The van der Waals surface area contributed by atoms with Gasteiger partial charge in [-0.25, -0.2) is 4.39 Å². The van der Waals surface area contributed by atoms with Gasteiger partial charge in [-0.1, -0.05) is 23.9 Å². The van der Waals surface area contributed by atoms with Crippen molar-refractivity contribution in [2.75, 3.05) is 37.0 Å². The molecule has 7 nitrogen and oxygen atoms in total. The SMILES string of the molecule is Cc1ccc(CNC(=O)CSc2nnc(N3CCOCC3)n2C)cc1F. The van der Waals surface area contributed by atoms with Gasteiger partial charge in [0.15, 0.2) is 5.16 Å². The van der Waals surface area contributed by atoms with Crippen molar-refractivity contribution in [1.29, 1.82) is 0 Å². The van der Waals surface area contributed by atoms with Crippen molar-refractivity contribution in [2.24, 2.45) is 7.05 Å². The Labute approximate surface area is 155 Å². The van der Waals surface area contributed by atoms with Crippen LogP contribution in [0.25, 0.3) is 0 Å². The highest BCUT2D eigenvalue weighted by Crippen LogP contribution is 2.20. The Morgan fingerprint density at radius 1 is 1.35 bits per heavy atom. The first-order chi connectivity index (χ1) is 12.5. The fourth-order valence-electron chi connectivity index (χ4n) is 2.60. The van der Waals surface area contributed by atoms with Crippen LogP contribution in [0.5, 0.6) is 0 Å². The summed E-state index contributed by atoms with van der Waals surface area (Å²) in [6.07, 6.45) is 0. The Hall–Kier alpha value is -2.13. The van der Waals surface area contributed by atoms with Gasteiger partial charge in [-0.05, 0) is 24.1 Å². The molecule has 0 saturated carbocycles. The van der Waals surface area contributed by atoms with Crippen molar-refractivity contribution in [3.05, 3.63) is 35.1 Å². The number of aromatic nitrogens is 3. The quantitative estimate of drug-likeness (QED) is 0.767. The van der Waals surface area contributed by atoms with Crippen LogP contribution in [0.1, 0.15) is 11.1 Å². The van der Waals surface area contributed by atoms with Crippen LogP contribution in [0.2, 0.25) is 0 Å². The van der Waals surface area contributed by atoms with Gasteiger partial charge < -0.3 is 15.0 Å². The highest BCUT2D eigenvalue weighted by Gasteiger charge is 2.19. The predicted molar refractivity (Wildman–Crippen MR) is 97.7 cm³/mol. The summed E-state index contributed by atoms with van der Waals surface area (Å²) < 4.78 is 20.8. The molecule has 1 saturated heterocycles. The summed E-state index contributed by atoms with van der Waals surface area (Å²) >= 11 is 1.33. The number of carbonyl (C=O) groups is 1. The molecule has 2 aromatic rings. The summed E-state index contributed by atoms with van der Waals surface area (Å²) in [7, 11) is 1.89. The number of aryl methyl sites for hydroxylation is 1. The Morgan fingerprint density at radius 3 is 2.85 bits per heavy atom. The number of ether oxygens (including phenoxy) is 1. The molecule has 0 bridgehead atoms. The van der Waals surface area contributed by atoms with E-state index in [1.807, 2.05) is 17.7 Å². The van der Waals surface area contributed by atoms with Gasteiger partial charge in [0.1, 0.15) is 5.82 Å². The number of nitrogens with zero attached hydrogens (tertiary/aromatic N) is 4. The number of thioether (sulfide) groups is 1. The van der Waals surface area contributed by atoms with Crippen LogP contribution in [0, 0.1) is 12.7 Å². The van der Waals surface area contributed by atoms with E-state index < -0.39 is 0 Å². The van der Waals surface area contributed by atoms with Crippen LogP contribution in [-0.2, 0) is 23.1 Å². The Balaban J connectivity index is 1.49. The van der Waals surface area contributed by atoms with Crippen molar-refractivity contribution < 1.29 is 13.9 Å². The molecule has 1 aromatic heterocycles. The third-order valence-corrected chi connectivity index (χ3v) is 5.18. The number of carbonyl (C=O) groups excluding carboxylic acids is 1. The standard InChI is InChI=1S/C17H22FN5O2S/c1-12-3-4-13(9-14(12)18)10-19-15(24)11-26-17-21-20-16(22(17)2)23-5-7-25-8-6-23/h3-4,9H,5-8,10-11H2,1-2H3,(H,19,24). The maximum Gasteiger partial charge on any atom is 0.230 e. The van der Waals surface area contributed by atoms with Crippen LogP contribution >= 0.6 is 11.8 Å². The Morgan fingerprint density at radius 2 is 2.12 bits per heavy atom. The largest absolute Gasteiger partial charge is 0.378 e. The van der Waals surface area contributed by atoms with E-state index in [4.69, 9.17) is 4.74 Å². The smallest absolute Gasteiger partial charge is 0.230 e. The second-order valence-corrected chi connectivity index (χ2v) is 7.03. The van der Waals surface area contributed by atoms with Crippen molar-refractivity contribution in [2.45, 2.75) is 18.6 Å². The summed E-state index contributed by atoms with van der Waals surface area (Å²) in [6, 6.07) is 4.96. The molecule has 2 heterocycles. The maximum atomic E-state index is 13.5. The van der Waals surface area contributed by atoms with Crippen LogP contribution < -0.4 is 10.2 Å². The molecule has 1 fully saturated rings. The highest BCUT2D eigenvalue weighted by atomic mass is 32.2. The van der Waals surface area contributed by atoms with Gasteiger partial charge in [0.2, 0.25) is 11.9 Å². The molecule has 0 spiro atoms. The van der Waals surface area contributed by atoms with Crippen LogP contribution in [0.15, 0.2) is 23.4 Å². The molecular formula is C17H22FN5O2S. The van der Waals surface area contributed by atoms with Gasteiger partial charge in [-0.3, -0.25) is 9.36 Å². The van der Waals surface area contributed by atoms with Crippen LogP contribution in [0.3, 0.4) is 0 Å². The van der Waals surface area contributed by atoms with Gasteiger partial charge in [0.25, 0.3) is 0 Å². The van der Waals surface area contributed by atoms with E-state index in [2.05, 4.69) is 20.4 Å². The average molecular weight is 379 g/mol. The minimum absolute atomic E-state index is 0.132. The Kier molecular flexibility index (Phi) is 6.10. The number of nitrogens with one attached hydrogen (secondary N) is 1. The third kappa shape index (κ3) is 4.53. The first-order valence-electron chi connectivity index (χ1n) is 8.41. The van der Waals surface area contributed by atoms with Gasteiger partial charge in [0, 0.05) is 26.7 Å². The fourth-order valence-corrected chi connectivity index (χ4v) is 3.34. The van der Waals surface area contributed by atoms with Gasteiger partial charge in [-0.15, -0.1) is 10.2 Å². The second kappa shape index (κ2) is 8.50. The minimum atomic E-state index is -0.263. The lowest BCUT2D eigenvalue weighted by atomic mass is 10.1. The molecule has 1 aliphatic rings. The normalized spacial score (nSPS) is 14.5. The molecule has 1 amide bonds. The molecule has 26 heavy (non-hydrogen) atoms. The van der Waals surface area contributed by atoms with E-state index >= 15 is 0 Å². The topological polar surface area (TPSA) is 72.3 Å². The lowest BCUT2D eigenvalue weighted by Gasteiger charge is -2.27. The lowest BCUT2D eigenvalue weighted by Crippen LogP contribution is -2.37. The number of halogens is 1. The summed E-state index contributed by atoms with van der Waals surface area (Å²) in [5, 5.41) is 11.9. The summed E-state index contributed by atoms with van der Waals surface area (Å²) in [5.74, 6) is 0.614. The maximum absolute atomic E-state index is 13.5. The zero-order valence-electron chi connectivity index (χ0n) is 14.9. The van der Waals surface area contributed by atoms with Crippen molar-refractivity contribution in [3.63, 3.8) is 0 Å². The van der Waals surface area contributed by atoms with Crippen molar-refractivity contribution in [1.82, 2.24) is 20.1 Å². The van der Waals surface area contributed by atoms with Crippen molar-refractivity contribution >= 4 is 23.6 Å². The van der Waals surface area contributed by atoms with Gasteiger partial charge in [0.05, 0.1) is 19.0 Å². The predicted octanol–water partition coefficient (Wildman–Crippen LogP) is 1.51. The number of amides is 1. The van der Waals surface area contributed by atoms with E-state index in [1.54, 1.807) is 13.0 Å².